The number of nitrogens with one attached hydrogen (secondary N) is 1. The Labute approximate surface area is 159 Å². The number of thioether (sulfide) groups is 2. The Morgan fingerprint density at radius 2 is 2.08 bits per heavy atom. The number of carbonyl (C=O) groups is 1. The number of nitrogens with zero attached hydrogens (tertiary/aromatic N) is 3. The van der Waals surface area contributed by atoms with Crippen LogP contribution in [0.2, 0.25) is 0 Å². The van der Waals surface area contributed by atoms with Crippen LogP contribution in [-0.4, -0.2) is 32.7 Å². The van der Waals surface area contributed by atoms with Crippen molar-refractivity contribution in [3.63, 3.8) is 0 Å². The molecule has 0 bridgehead atoms. The standard InChI is InChI=1S/C17H18N4OS3/c1-3-21-16(14-9-6-10-24-14)19-20-17(21)25-11-15(22)18-12-7-4-5-8-13(12)23-2/h4-10H,3,11H2,1-2H3,(H,18,22). The van der Waals surface area contributed by atoms with E-state index in [0.29, 0.717) is 5.75 Å². The molecule has 3 rings (SSSR count). The average molecular weight is 391 g/mol. The molecule has 1 N–H and O–H groups in total. The fraction of sp³-hybridized carbons (Fsp3) is 0.235. The van der Waals surface area contributed by atoms with Crippen molar-refractivity contribution >= 4 is 46.5 Å². The van der Waals surface area contributed by atoms with Gasteiger partial charge in [-0.05, 0) is 36.8 Å². The van der Waals surface area contributed by atoms with Crippen molar-refractivity contribution in [1.82, 2.24) is 14.8 Å². The zero-order chi connectivity index (χ0) is 17.6. The summed E-state index contributed by atoms with van der Waals surface area (Å²) in [6, 6.07) is 11.8. The monoisotopic (exact) mass is 390 g/mol. The molecule has 0 saturated carbocycles. The third-order valence-corrected chi connectivity index (χ3v) is 6.12. The number of amides is 1. The first kappa shape index (κ1) is 18.0. The normalized spacial score (nSPS) is 10.8. The molecule has 130 valence electrons. The zero-order valence-corrected chi connectivity index (χ0v) is 16.4. The first-order valence-corrected chi connectivity index (χ1v) is 10.8. The maximum Gasteiger partial charge on any atom is 0.234 e. The van der Waals surface area contributed by atoms with Crippen molar-refractivity contribution in [3.8, 4) is 10.7 Å². The van der Waals surface area contributed by atoms with E-state index in [4.69, 9.17) is 0 Å². The summed E-state index contributed by atoms with van der Waals surface area (Å²) in [7, 11) is 0. The van der Waals surface area contributed by atoms with E-state index in [-0.39, 0.29) is 5.91 Å². The topological polar surface area (TPSA) is 59.8 Å². The first-order chi connectivity index (χ1) is 12.2. The lowest BCUT2D eigenvalue weighted by molar-refractivity contribution is -0.113. The van der Waals surface area contributed by atoms with Gasteiger partial charge >= 0.3 is 0 Å². The van der Waals surface area contributed by atoms with E-state index in [9.17, 15) is 4.79 Å². The van der Waals surface area contributed by atoms with Gasteiger partial charge in [0.25, 0.3) is 0 Å². The lowest BCUT2D eigenvalue weighted by Gasteiger charge is -2.09. The van der Waals surface area contributed by atoms with Gasteiger partial charge in [0.1, 0.15) is 0 Å². The minimum absolute atomic E-state index is 0.0465. The molecule has 0 aliphatic rings. The second kappa shape index (κ2) is 8.55. The smallest absolute Gasteiger partial charge is 0.234 e. The predicted molar refractivity (Wildman–Crippen MR) is 107 cm³/mol. The minimum atomic E-state index is -0.0465. The Morgan fingerprint density at radius 1 is 1.24 bits per heavy atom. The molecule has 25 heavy (non-hydrogen) atoms. The third kappa shape index (κ3) is 4.26. The quantitative estimate of drug-likeness (QED) is 0.603. The summed E-state index contributed by atoms with van der Waals surface area (Å²) >= 11 is 4.65. The number of benzene rings is 1. The number of hydrogen-bond donors (Lipinski definition) is 1. The molecule has 0 aliphatic heterocycles. The van der Waals surface area contributed by atoms with Gasteiger partial charge in [0.15, 0.2) is 11.0 Å². The Bertz CT molecular complexity index is 845. The highest BCUT2D eigenvalue weighted by Gasteiger charge is 2.15. The van der Waals surface area contributed by atoms with Gasteiger partial charge in [-0.1, -0.05) is 30.0 Å². The van der Waals surface area contributed by atoms with Crippen LogP contribution < -0.4 is 5.32 Å². The van der Waals surface area contributed by atoms with Crippen molar-refractivity contribution in [1.29, 1.82) is 0 Å². The molecule has 0 saturated heterocycles. The molecule has 2 heterocycles. The Morgan fingerprint density at radius 3 is 2.80 bits per heavy atom. The Kier molecular flexibility index (Phi) is 6.17. The number of anilines is 1. The van der Waals surface area contributed by atoms with Crippen LogP contribution in [0.5, 0.6) is 0 Å². The van der Waals surface area contributed by atoms with Crippen LogP contribution in [0, 0.1) is 0 Å². The molecule has 0 fully saturated rings. The highest BCUT2D eigenvalue weighted by molar-refractivity contribution is 7.99. The average Bonchev–Trinajstić information content (AvgIpc) is 3.29. The number of hydrogen-bond acceptors (Lipinski definition) is 6. The van der Waals surface area contributed by atoms with Crippen LogP contribution in [0.25, 0.3) is 10.7 Å². The molecule has 0 atom stereocenters. The second-order valence-electron chi connectivity index (χ2n) is 5.06. The van der Waals surface area contributed by atoms with E-state index >= 15 is 0 Å². The molecule has 1 aromatic carbocycles. The molecule has 0 radical (unpaired) electrons. The van der Waals surface area contributed by atoms with Crippen molar-refractivity contribution in [3.05, 3.63) is 41.8 Å². The van der Waals surface area contributed by atoms with Crippen molar-refractivity contribution in [2.75, 3.05) is 17.3 Å². The van der Waals surface area contributed by atoms with Crippen LogP contribution >= 0.6 is 34.9 Å². The summed E-state index contributed by atoms with van der Waals surface area (Å²) in [5.74, 6) is 1.11. The minimum Gasteiger partial charge on any atom is -0.324 e. The van der Waals surface area contributed by atoms with E-state index in [1.54, 1.807) is 23.1 Å². The lowest BCUT2D eigenvalue weighted by Crippen LogP contribution is -2.15. The summed E-state index contributed by atoms with van der Waals surface area (Å²) < 4.78 is 2.04. The van der Waals surface area contributed by atoms with E-state index in [0.717, 1.165) is 33.0 Å². The van der Waals surface area contributed by atoms with Gasteiger partial charge < -0.3 is 9.88 Å². The van der Waals surface area contributed by atoms with Gasteiger partial charge in [-0.25, -0.2) is 0 Å². The number of thiophene rings is 1. The molecule has 0 spiro atoms. The highest BCUT2D eigenvalue weighted by atomic mass is 32.2. The number of para-hydroxylation sites is 1. The molecule has 1 amide bonds. The zero-order valence-electron chi connectivity index (χ0n) is 13.9. The molecule has 3 aromatic rings. The summed E-state index contributed by atoms with van der Waals surface area (Å²) in [4.78, 5) is 14.4. The van der Waals surface area contributed by atoms with Crippen LogP contribution in [0.15, 0.2) is 51.8 Å². The Hall–Kier alpha value is -1.77. The Balaban J connectivity index is 1.66. The molecule has 0 unspecified atom stereocenters. The second-order valence-corrected chi connectivity index (χ2v) is 7.80. The van der Waals surface area contributed by atoms with Gasteiger partial charge in [0.05, 0.1) is 16.3 Å². The van der Waals surface area contributed by atoms with E-state index in [1.165, 1.54) is 11.8 Å². The fourth-order valence-electron chi connectivity index (χ4n) is 2.33. The van der Waals surface area contributed by atoms with Gasteiger partial charge in [-0.2, -0.15) is 0 Å². The maximum absolute atomic E-state index is 12.3. The summed E-state index contributed by atoms with van der Waals surface area (Å²) in [5.41, 5.74) is 0.844. The summed E-state index contributed by atoms with van der Waals surface area (Å²) in [5, 5.41) is 14.3. The van der Waals surface area contributed by atoms with Gasteiger partial charge in [0, 0.05) is 11.4 Å². The third-order valence-electron chi connectivity index (χ3n) is 3.49. The van der Waals surface area contributed by atoms with Crippen molar-refractivity contribution in [2.45, 2.75) is 23.5 Å². The van der Waals surface area contributed by atoms with Crippen LogP contribution in [0.4, 0.5) is 5.69 Å². The maximum atomic E-state index is 12.3. The van der Waals surface area contributed by atoms with Crippen LogP contribution in [0.3, 0.4) is 0 Å². The SMILES string of the molecule is CCn1c(SCC(=O)Nc2ccccc2SC)nnc1-c1cccs1. The molecular formula is C17H18N4OS3. The molecule has 8 heteroatoms. The number of aromatic nitrogens is 3. The highest BCUT2D eigenvalue weighted by Crippen LogP contribution is 2.28. The van der Waals surface area contributed by atoms with Gasteiger partial charge in [0.2, 0.25) is 5.91 Å². The van der Waals surface area contributed by atoms with E-state index in [1.807, 2.05) is 52.6 Å². The van der Waals surface area contributed by atoms with E-state index < -0.39 is 0 Å². The molecular weight excluding hydrogens is 372 g/mol. The molecule has 2 aromatic heterocycles. The molecule has 5 nitrogen and oxygen atoms in total. The number of rotatable bonds is 7. The summed E-state index contributed by atoms with van der Waals surface area (Å²) in [6.07, 6.45) is 2.00. The van der Waals surface area contributed by atoms with Crippen molar-refractivity contribution in [2.24, 2.45) is 0 Å². The molecule has 0 aliphatic carbocycles. The lowest BCUT2D eigenvalue weighted by atomic mass is 10.3. The summed E-state index contributed by atoms with van der Waals surface area (Å²) in [6.45, 7) is 2.82. The van der Waals surface area contributed by atoms with Crippen LogP contribution in [0.1, 0.15) is 6.92 Å². The van der Waals surface area contributed by atoms with Crippen LogP contribution in [-0.2, 0) is 11.3 Å². The van der Waals surface area contributed by atoms with E-state index in [2.05, 4.69) is 22.4 Å². The fourth-order valence-corrected chi connectivity index (χ4v) is 4.41. The predicted octanol–water partition coefficient (Wildman–Crippen LogP) is 4.48. The van der Waals surface area contributed by atoms with Gasteiger partial charge in [-0.15, -0.1) is 33.3 Å². The van der Waals surface area contributed by atoms with Gasteiger partial charge in [-0.3, -0.25) is 4.79 Å². The number of carbonyl (C=O) groups excluding carboxylic acids is 1. The largest absolute Gasteiger partial charge is 0.324 e. The first-order valence-electron chi connectivity index (χ1n) is 7.75. The van der Waals surface area contributed by atoms with Crippen molar-refractivity contribution < 1.29 is 4.79 Å².